The molecule has 0 amide bonds. The van der Waals surface area contributed by atoms with Crippen LogP contribution in [0.3, 0.4) is 0 Å². The van der Waals surface area contributed by atoms with Crippen molar-refractivity contribution in [2.75, 3.05) is 13.7 Å². The molecule has 1 aromatic carbocycles. The third-order valence-corrected chi connectivity index (χ3v) is 2.87. The molecule has 0 aliphatic carbocycles. The molecule has 0 atom stereocenters. The van der Waals surface area contributed by atoms with Gasteiger partial charge in [0.25, 0.3) is 5.69 Å². The molecule has 0 saturated carbocycles. The van der Waals surface area contributed by atoms with Gasteiger partial charge < -0.3 is 10.2 Å². The van der Waals surface area contributed by atoms with E-state index in [9.17, 15) is 10.1 Å². The van der Waals surface area contributed by atoms with E-state index < -0.39 is 4.92 Å². The lowest BCUT2D eigenvalue weighted by atomic mass is 10.3. The fourth-order valence-corrected chi connectivity index (χ4v) is 1.58. The molecule has 0 radical (unpaired) electrons. The molecule has 1 N–H and O–H groups in total. The van der Waals surface area contributed by atoms with Crippen molar-refractivity contribution in [3.8, 4) is 0 Å². The third kappa shape index (κ3) is 1.99. The van der Waals surface area contributed by atoms with E-state index in [1.807, 2.05) is 11.9 Å². The van der Waals surface area contributed by atoms with E-state index in [4.69, 9.17) is 0 Å². The zero-order valence-electron chi connectivity index (χ0n) is 8.48. The zero-order chi connectivity index (χ0) is 11.7. The largest absolute Gasteiger partial charge is 0.338 e. The van der Waals surface area contributed by atoms with Crippen LogP contribution in [-0.4, -0.2) is 29.5 Å². The Kier molecular flexibility index (Phi) is 2.78. The molecule has 1 aliphatic rings. The van der Waals surface area contributed by atoms with Crippen LogP contribution in [0.2, 0.25) is 0 Å². The number of nitro benzene ring substituents is 1. The first-order valence-electron chi connectivity index (χ1n) is 4.55. The maximum Gasteiger partial charge on any atom is 0.271 e. The van der Waals surface area contributed by atoms with Crippen molar-refractivity contribution in [1.82, 2.24) is 10.2 Å². The molecule has 16 heavy (non-hydrogen) atoms. The number of nitro groups is 1. The number of nitrogens with one attached hydrogen (secondary N) is 1. The van der Waals surface area contributed by atoms with E-state index in [0.29, 0.717) is 11.6 Å². The van der Waals surface area contributed by atoms with Crippen LogP contribution in [-0.2, 0) is 0 Å². The number of hydrogen-bond acceptors (Lipinski definition) is 3. The molecule has 1 aliphatic heterocycles. The van der Waals surface area contributed by atoms with Crippen LogP contribution in [0.5, 0.6) is 0 Å². The van der Waals surface area contributed by atoms with Gasteiger partial charge in [0.05, 0.1) is 17.3 Å². The topological polar surface area (TPSA) is 70.8 Å². The van der Waals surface area contributed by atoms with Gasteiger partial charge in [0.2, 0.25) is 5.96 Å². The van der Waals surface area contributed by atoms with E-state index in [2.05, 4.69) is 26.2 Å². The van der Waals surface area contributed by atoms with E-state index in [1.165, 1.54) is 12.1 Å². The summed E-state index contributed by atoms with van der Waals surface area (Å²) in [4.78, 5) is 16.4. The van der Waals surface area contributed by atoms with Crippen molar-refractivity contribution >= 4 is 33.3 Å². The quantitative estimate of drug-likeness (QED) is 0.664. The zero-order valence-corrected chi connectivity index (χ0v) is 10.1. The third-order valence-electron chi connectivity index (χ3n) is 2.20. The maximum atomic E-state index is 10.6. The monoisotopic (exact) mass is 284 g/mol. The van der Waals surface area contributed by atoms with E-state index in [0.717, 1.165) is 11.1 Å². The number of nitrogens with zero attached hydrogens (tertiary/aromatic N) is 3. The van der Waals surface area contributed by atoms with Crippen molar-refractivity contribution in [3.05, 3.63) is 32.8 Å². The fourth-order valence-electron chi connectivity index (χ4n) is 1.25. The molecule has 1 aromatic rings. The number of guanidine groups is 1. The smallest absolute Gasteiger partial charge is 0.271 e. The van der Waals surface area contributed by atoms with Crippen LogP contribution in [0, 0.1) is 10.1 Å². The highest BCUT2D eigenvalue weighted by molar-refractivity contribution is 9.10. The Morgan fingerprint density at radius 2 is 2.38 bits per heavy atom. The average molecular weight is 285 g/mol. The predicted molar refractivity (Wildman–Crippen MR) is 63.7 cm³/mol. The summed E-state index contributed by atoms with van der Waals surface area (Å²) in [5, 5.41) is 13.6. The van der Waals surface area contributed by atoms with Gasteiger partial charge in [0.1, 0.15) is 0 Å². The van der Waals surface area contributed by atoms with Crippen molar-refractivity contribution in [2.24, 2.45) is 4.99 Å². The molecule has 6 nitrogen and oxygen atoms in total. The van der Waals surface area contributed by atoms with Gasteiger partial charge in [-0.3, -0.25) is 10.1 Å². The second kappa shape index (κ2) is 4.09. The molecule has 0 spiro atoms. The minimum Gasteiger partial charge on any atom is -0.338 e. The van der Waals surface area contributed by atoms with Crippen molar-refractivity contribution in [3.63, 3.8) is 0 Å². The second-order valence-corrected chi connectivity index (χ2v) is 4.22. The molecule has 1 fully saturated rings. The summed E-state index contributed by atoms with van der Waals surface area (Å²) in [6, 6.07) is 4.49. The summed E-state index contributed by atoms with van der Waals surface area (Å²) in [5.41, 5.74) is 0.577. The van der Waals surface area contributed by atoms with Gasteiger partial charge in [-0.1, -0.05) is 0 Å². The Bertz CT molecular complexity index is 475. The predicted octanol–water partition coefficient (Wildman–Crippen LogP) is 1.84. The van der Waals surface area contributed by atoms with Crippen LogP contribution in [0.4, 0.5) is 11.4 Å². The van der Waals surface area contributed by atoms with Gasteiger partial charge in [-0.05, 0) is 22.0 Å². The highest BCUT2D eigenvalue weighted by Crippen LogP contribution is 2.30. The fraction of sp³-hybridized carbons (Fsp3) is 0.222. The highest BCUT2D eigenvalue weighted by atomic mass is 79.9. The van der Waals surface area contributed by atoms with Crippen LogP contribution < -0.4 is 5.32 Å². The highest BCUT2D eigenvalue weighted by Gasteiger charge is 2.17. The van der Waals surface area contributed by atoms with Crippen LogP contribution >= 0.6 is 15.9 Å². The molecule has 0 aromatic heterocycles. The summed E-state index contributed by atoms with van der Waals surface area (Å²) in [6.07, 6.45) is 0. The summed E-state index contributed by atoms with van der Waals surface area (Å²) in [7, 11) is 1.89. The molecule has 84 valence electrons. The SMILES string of the molecule is CN1CN/C1=N/c1cc([N+](=O)[O-])ccc1Br. The summed E-state index contributed by atoms with van der Waals surface area (Å²) < 4.78 is 0.729. The minimum atomic E-state index is -0.436. The summed E-state index contributed by atoms with van der Waals surface area (Å²) in [6.45, 7) is 0.741. The number of non-ortho nitro benzene ring substituents is 1. The Morgan fingerprint density at radius 1 is 1.62 bits per heavy atom. The molecule has 2 rings (SSSR count). The normalized spacial score (nSPS) is 16.9. The number of aliphatic imine (C=N–C) groups is 1. The molecule has 0 unspecified atom stereocenters. The van der Waals surface area contributed by atoms with Gasteiger partial charge in [0.15, 0.2) is 0 Å². The average Bonchev–Trinajstić information content (AvgIpc) is 2.25. The van der Waals surface area contributed by atoms with Crippen LogP contribution in [0.15, 0.2) is 27.7 Å². The Balaban J connectivity index is 2.36. The van der Waals surface area contributed by atoms with Gasteiger partial charge in [0, 0.05) is 23.7 Å². The molecule has 1 heterocycles. The van der Waals surface area contributed by atoms with Gasteiger partial charge in [-0.2, -0.15) is 0 Å². The van der Waals surface area contributed by atoms with E-state index >= 15 is 0 Å². The van der Waals surface area contributed by atoms with Gasteiger partial charge in [-0.15, -0.1) is 0 Å². The van der Waals surface area contributed by atoms with Gasteiger partial charge >= 0.3 is 0 Å². The Hall–Kier alpha value is -1.63. The number of rotatable bonds is 2. The lowest BCUT2D eigenvalue weighted by Gasteiger charge is -2.32. The number of hydrogen-bond donors (Lipinski definition) is 1. The first kappa shape index (κ1) is 10.9. The van der Waals surface area contributed by atoms with Gasteiger partial charge in [-0.25, -0.2) is 4.99 Å². The van der Waals surface area contributed by atoms with Crippen LogP contribution in [0.1, 0.15) is 0 Å². The van der Waals surface area contributed by atoms with E-state index in [-0.39, 0.29) is 5.69 Å². The summed E-state index contributed by atoms with van der Waals surface area (Å²) in [5.74, 6) is 0.709. The molecular formula is C9H9BrN4O2. The minimum absolute atomic E-state index is 0.0320. The van der Waals surface area contributed by atoms with Crippen molar-refractivity contribution < 1.29 is 4.92 Å². The molecule has 0 bridgehead atoms. The van der Waals surface area contributed by atoms with E-state index in [1.54, 1.807) is 6.07 Å². The maximum absolute atomic E-state index is 10.6. The lowest BCUT2D eigenvalue weighted by Crippen LogP contribution is -2.55. The first-order chi connectivity index (χ1) is 7.58. The second-order valence-electron chi connectivity index (χ2n) is 3.36. The van der Waals surface area contributed by atoms with Crippen LogP contribution in [0.25, 0.3) is 0 Å². The molecular weight excluding hydrogens is 276 g/mol. The number of halogens is 1. The lowest BCUT2D eigenvalue weighted by molar-refractivity contribution is -0.384. The summed E-state index contributed by atoms with van der Waals surface area (Å²) >= 11 is 3.31. The standard InChI is InChI=1S/C9H9BrN4O2/c1-13-5-11-9(13)12-8-4-6(14(15)16)2-3-7(8)10/h2-4H,5H2,1H3,(H,11,12). The van der Waals surface area contributed by atoms with Crippen molar-refractivity contribution in [2.45, 2.75) is 0 Å². The number of benzene rings is 1. The van der Waals surface area contributed by atoms with Crippen molar-refractivity contribution in [1.29, 1.82) is 0 Å². The first-order valence-corrected chi connectivity index (χ1v) is 5.35. The molecule has 7 heteroatoms. The Morgan fingerprint density at radius 3 is 2.88 bits per heavy atom. The molecule has 1 saturated heterocycles. The Labute approximate surface area is 100 Å².